The van der Waals surface area contributed by atoms with E-state index in [0.29, 0.717) is 12.3 Å². The SMILES string of the molecule is COc1ccccc1Oc1c(NS(=O)(=O)c2ccc(C(C)(C)C)cc2)nc(-c2ncccn2)nc1OCCC(=O)NCc1ccccc1. The molecule has 0 aliphatic rings. The molecule has 13 heteroatoms. The van der Waals surface area contributed by atoms with Gasteiger partial charge in [-0.2, -0.15) is 4.98 Å². The molecule has 2 N–H and O–H groups in total. The molecule has 248 valence electrons. The lowest BCUT2D eigenvalue weighted by molar-refractivity contribution is -0.121. The molecule has 48 heavy (non-hydrogen) atoms. The summed E-state index contributed by atoms with van der Waals surface area (Å²) in [5.41, 5.74) is 1.75. The average Bonchev–Trinajstić information content (AvgIpc) is 3.09. The summed E-state index contributed by atoms with van der Waals surface area (Å²) in [4.78, 5) is 30.1. The van der Waals surface area contributed by atoms with E-state index in [1.165, 1.54) is 31.6 Å². The minimum absolute atomic E-state index is 0.00687. The molecule has 0 aliphatic carbocycles. The van der Waals surface area contributed by atoms with E-state index in [2.05, 4.69) is 30.0 Å². The van der Waals surface area contributed by atoms with Crippen LogP contribution in [0.2, 0.25) is 0 Å². The van der Waals surface area contributed by atoms with Gasteiger partial charge in [-0.3, -0.25) is 9.52 Å². The molecule has 0 bridgehead atoms. The van der Waals surface area contributed by atoms with Gasteiger partial charge in [0.1, 0.15) is 0 Å². The molecule has 1 amide bonds. The molecule has 0 atom stereocenters. The number of carbonyl (C=O) groups is 1. The number of hydrogen-bond acceptors (Lipinski definition) is 10. The van der Waals surface area contributed by atoms with Crippen LogP contribution < -0.4 is 24.2 Å². The molecule has 3 aromatic carbocycles. The Balaban J connectivity index is 1.51. The third-order valence-corrected chi connectivity index (χ3v) is 8.40. The fourth-order valence-electron chi connectivity index (χ4n) is 4.46. The maximum absolute atomic E-state index is 13.8. The normalized spacial score (nSPS) is 11.4. The van der Waals surface area contributed by atoms with E-state index in [9.17, 15) is 13.2 Å². The van der Waals surface area contributed by atoms with Gasteiger partial charge in [-0.1, -0.05) is 75.4 Å². The van der Waals surface area contributed by atoms with Crippen LogP contribution in [0, 0.1) is 0 Å². The first-order valence-corrected chi connectivity index (χ1v) is 16.6. The highest BCUT2D eigenvalue weighted by Gasteiger charge is 2.26. The van der Waals surface area contributed by atoms with E-state index in [0.717, 1.165) is 11.1 Å². The van der Waals surface area contributed by atoms with E-state index >= 15 is 0 Å². The first-order valence-electron chi connectivity index (χ1n) is 15.1. The van der Waals surface area contributed by atoms with Crippen LogP contribution in [0.4, 0.5) is 5.82 Å². The quantitative estimate of drug-likeness (QED) is 0.155. The summed E-state index contributed by atoms with van der Waals surface area (Å²) < 4.78 is 47.8. The van der Waals surface area contributed by atoms with Crippen molar-refractivity contribution in [1.29, 1.82) is 0 Å². The van der Waals surface area contributed by atoms with Crippen LogP contribution in [0.3, 0.4) is 0 Å². The molecule has 12 nitrogen and oxygen atoms in total. The first kappa shape index (κ1) is 33.8. The van der Waals surface area contributed by atoms with E-state index in [4.69, 9.17) is 14.2 Å². The monoisotopic (exact) mass is 668 g/mol. The van der Waals surface area contributed by atoms with E-state index < -0.39 is 10.0 Å². The number of ether oxygens (including phenoxy) is 3. The number of methoxy groups -OCH3 is 1. The number of rotatable bonds is 13. The predicted molar refractivity (Wildman–Crippen MR) is 180 cm³/mol. The Kier molecular flexibility index (Phi) is 10.5. The fourth-order valence-corrected chi connectivity index (χ4v) is 5.47. The van der Waals surface area contributed by atoms with Gasteiger partial charge in [-0.05, 0) is 46.9 Å². The van der Waals surface area contributed by atoms with Crippen LogP contribution in [0.5, 0.6) is 23.1 Å². The number of nitrogens with one attached hydrogen (secondary N) is 2. The fraction of sp³-hybridized carbons (Fsp3) is 0.229. The maximum atomic E-state index is 13.8. The Morgan fingerprint density at radius 1 is 0.812 bits per heavy atom. The van der Waals surface area contributed by atoms with E-state index in [1.54, 1.807) is 42.5 Å². The van der Waals surface area contributed by atoms with Gasteiger partial charge in [-0.15, -0.1) is 0 Å². The standard InChI is InChI=1S/C35H36N6O6S/c1-35(2,3)25-15-17-26(18-16-25)48(43,44)41-31-30(47-28-14-9-8-13-27(28)45-4)34(40-33(39-31)32-36-20-10-21-37-32)46-22-19-29(42)38-23-24-11-6-5-7-12-24/h5-18,20-21H,19,22-23H2,1-4H3,(H,38,42)(H,39,40,41). The summed E-state index contributed by atoms with van der Waals surface area (Å²) in [7, 11) is -2.72. The third kappa shape index (κ3) is 8.62. The van der Waals surface area contributed by atoms with Crippen molar-refractivity contribution in [1.82, 2.24) is 25.3 Å². The highest BCUT2D eigenvalue weighted by atomic mass is 32.2. The summed E-state index contributed by atoms with van der Waals surface area (Å²) in [5.74, 6) is -0.102. The Morgan fingerprint density at radius 2 is 1.48 bits per heavy atom. The van der Waals surface area contributed by atoms with Gasteiger partial charge >= 0.3 is 0 Å². The van der Waals surface area contributed by atoms with Crippen molar-refractivity contribution < 1.29 is 27.4 Å². The molecular formula is C35H36N6O6S. The number of nitrogens with zero attached hydrogens (tertiary/aromatic N) is 4. The van der Waals surface area contributed by atoms with Gasteiger partial charge in [0.2, 0.25) is 17.5 Å². The van der Waals surface area contributed by atoms with Crippen molar-refractivity contribution in [2.45, 2.75) is 44.0 Å². The van der Waals surface area contributed by atoms with Gasteiger partial charge in [0.25, 0.3) is 15.9 Å². The molecule has 5 aromatic rings. The van der Waals surface area contributed by atoms with Crippen molar-refractivity contribution in [3.05, 3.63) is 108 Å². The lowest BCUT2D eigenvalue weighted by atomic mass is 9.87. The van der Waals surface area contributed by atoms with Crippen molar-refractivity contribution >= 4 is 21.7 Å². The lowest BCUT2D eigenvalue weighted by Crippen LogP contribution is -2.24. The van der Waals surface area contributed by atoms with Crippen LogP contribution in [0.15, 0.2) is 102 Å². The van der Waals surface area contributed by atoms with Gasteiger partial charge in [-0.25, -0.2) is 23.4 Å². The number of hydrogen-bond donors (Lipinski definition) is 2. The third-order valence-electron chi connectivity index (χ3n) is 7.04. The van der Waals surface area contributed by atoms with Crippen molar-refractivity contribution in [2.75, 3.05) is 18.4 Å². The molecule has 0 aliphatic heterocycles. The second kappa shape index (κ2) is 14.9. The number of benzene rings is 3. The van der Waals surface area contributed by atoms with Gasteiger partial charge in [0.15, 0.2) is 23.1 Å². The molecule has 0 spiro atoms. The molecule has 0 radical (unpaired) electrons. The zero-order valence-electron chi connectivity index (χ0n) is 27.0. The molecular weight excluding hydrogens is 632 g/mol. The predicted octanol–water partition coefficient (Wildman–Crippen LogP) is 5.92. The molecule has 2 heterocycles. The summed E-state index contributed by atoms with van der Waals surface area (Å²) in [6, 6.07) is 24.5. The van der Waals surface area contributed by atoms with E-state index in [1.807, 2.05) is 51.1 Å². The molecule has 0 unspecified atom stereocenters. The average molecular weight is 669 g/mol. The second-order valence-electron chi connectivity index (χ2n) is 11.6. The Labute approximate surface area is 279 Å². The first-order chi connectivity index (χ1) is 23.0. The summed E-state index contributed by atoms with van der Waals surface area (Å²) in [5, 5.41) is 2.85. The van der Waals surface area contributed by atoms with Gasteiger partial charge in [0.05, 0.1) is 25.0 Å². The largest absolute Gasteiger partial charge is 0.493 e. The van der Waals surface area contributed by atoms with Crippen LogP contribution in [-0.2, 0) is 26.8 Å². The van der Waals surface area contributed by atoms with Crippen LogP contribution in [-0.4, -0.2) is 48.0 Å². The second-order valence-corrected chi connectivity index (χ2v) is 13.3. The Hall–Kier alpha value is -5.56. The number of carbonyl (C=O) groups excluding carboxylic acids is 1. The van der Waals surface area contributed by atoms with E-state index in [-0.39, 0.29) is 64.1 Å². The Bertz CT molecular complexity index is 1950. The number of amides is 1. The van der Waals surface area contributed by atoms with Crippen molar-refractivity contribution in [3.8, 4) is 34.8 Å². The van der Waals surface area contributed by atoms with Gasteiger partial charge in [0, 0.05) is 18.9 Å². The zero-order valence-corrected chi connectivity index (χ0v) is 27.8. The zero-order chi connectivity index (χ0) is 34.1. The molecule has 0 saturated heterocycles. The van der Waals surface area contributed by atoms with Crippen LogP contribution in [0.1, 0.15) is 38.3 Å². The minimum Gasteiger partial charge on any atom is -0.493 e. The van der Waals surface area contributed by atoms with Gasteiger partial charge < -0.3 is 19.5 Å². The number of para-hydroxylation sites is 2. The maximum Gasteiger partial charge on any atom is 0.263 e. The molecule has 2 aromatic heterocycles. The summed E-state index contributed by atoms with van der Waals surface area (Å²) in [6.07, 6.45) is 2.98. The van der Waals surface area contributed by atoms with Crippen molar-refractivity contribution in [2.24, 2.45) is 0 Å². The van der Waals surface area contributed by atoms with Crippen LogP contribution >= 0.6 is 0 Å². The highest BCUT2D eigenvalue weighted by Crippen LogP contribution is 2.41. The van der Waals surface area contributed by atoms with Crippen LogP contribution in [0.25, 0.3) is 11.6 Å². The summed E-state index contributed by atoms with van der Waals surface area (Å²) in [6.45, 7) is 6.36. The highest BCUT2D eigenvalue weighted by molar-refractivity contribution is 7.92. The molecule has 0 saturated carbocycles. The topological polar surface area (TPSA) is 155 Å². The number of aromatic nitrogens is 4. The molecule has 5 rings (SSSR count). The minimum atomic E-state index is -4.20. The smallest absolute Gasteiger partial charge is 0.263 e. The summed E-state index contributed by atoms with van der Waals surface area (Å²) >= 11 is 0. The van der Waals surface area contributed by atoms with Crippen molar-refractivity contribution in [3.63, 3.8) is 0 Å². The number of anilines is 1. The molecule has 0 fully saturated rings. The lowest BCUT2D eigenvalue weighted by Gasteiger charge is -2.20. The number of sulfonamides is 1. The Morgan fingerprint density at radius 3 is 2.15 bits per heavy atom.